The first kappa shape index (κ1) is 24.3. The van der Waals surface area contributed by atoms with Gasteiger partial charge in [-0.3, -0.25) is 4.57 Å². The van der Waals surface area contributed by atoms with Crippen LogP contribution in [0.15, 0.2) is 158 Å². The Morgan fingerprint density at radius 1 is 0.378 bits per heavy atom. The summed E-state index contributed by atoms with van der Waals surface area (Å²) in [5.74, 6) is 0. The van der Waals surface area contributed by atoms with Crippen molar-refractivity contribution in [3.8, 4) is 17.1 Å². The number of nitrogens with zero attached hydrogens (tertiary/aromatic N) is 4. The largest absolute Gasteiger partial charge is 0.309 e. The SMILES string of the molecule is c1ccc(-n2cnc3ccc(-n4c5ccccc5c5c6c7c8ccccc8ccc7n(-c7ccccc7)c6ccc54)cc32)cc1. The number of fused-ring (bicyclic) bond motifs is 10. The third kappa shape index (κ3) is 3.39. The lowest BCUT2D eigenvalue weighted by Crippen LogP contribution is -1.96. The van der Waals surface area contributed by atoms with Gasteiger partial charge in [-0.1, -0.05) is 84.9 Å². The highest BCUT2D eigenvalue weighted by atomic mass is 15.1. The van der Waals surface area contributed by atoms with Crippen molar-refractivity contribution in [2.24, 2.45) is 0 Å². The third-order valence-electron chi connectivity index (χ3n) is 9.29. The highest BCUT2D eigenvalue weighted by Crippen LogP contribution is 2.44. The normalized spacial score (nSPS) is 12.0. The molecule has 0 aliphatic heterocycles. The van der Waals surface area contributed by atoms with E-state index in [-0.39, 0.29) is 0 Å². The molecule has 0 atom stereocenters. The zero-order valence-electron chi connectivity index (χ0n) is 24.3. The van der Waals surface area contributed by atoms with Gasteiger partial charge in [0.05, 0.1) is 33.1 Å². The highest BCUT2D eigenvalue weighted by Gasteiger charge is 2.22. The van der Waals surface area contributed by atoms with Gasteiger partial charge in [-0.05, 0) is 77.5 Å². The predicted octanol–water partition coefficient (Wildman–Crippen LogP) is 10.4. The average molecular weight is 575 g/mol. The number of para-hydroxylation sites is 3. The monoisotopic (exact) mass is 574 g/mol. The summed E-state index contributed by atoms with van der Waals surface area (Å²) in [5, 5.41) is 7.61. The van der Waals surface area contributed by atoms with E-state index in [1.165, 1.54) is 54.4 Å². The van der Waals surface area contributed by atoms with Gasteiger partial charge in [0.1, 0.15) is 6.33 Å². The quantitative estimate of drug-likeness (QED) is 0.206. The van der Waals surface area contributed by atoms with Crippen LogP contribution in [0.4, 0.5) is 0 Å². The lowest BCUT2D eigenvalue weighted by atomic mass is 10.0. The van der Waals surface area contributed by atoms with Gasteiger partial charge in [0.25, 0.3) is 0 Å². The van der Waals surface area contributed by atoms with E-state index in [2.05, 4.69) is 159 Å². The highest BCUT2D eigenvalue weighted by molar-refractivity contribution is 6.33. The molecule has 0 saturated heterocycles. The molecule has 7 aromatic carbocycles. The standard InChI is InChI=1S/C41H26N4/c1-3-12-28(13-4-1)43-26-42-33-21-20-30(25-38(33)43)45-34-18-10-9-17-32(34)40-36(45)23-24-37-41(40)39-31-16-8-7-11-27(31)19-22-35(39)44(37)29-14-5-2-6-15-29/h1-26H. The first-order valence-electron chi connectivity index (χ1n) is 15.3. The van der Waals surface area contributed by atoms with Crippen LogP contribution in [0.5, 0.6) is 0 Å². The van der Waals surface area contributed by atoms with E-state index in [4.69, 9.17) is 4.98 Å². The van der Waals surface area contributed by atoms with Crippen molar-refractivity contribution >= 4 is 65.4 Å². The molecule has 0 spiro atoms. The molecule has 0 fully saturated rings. The molecular formula is C41H26N4. The fourth-order valence-corrected chi connectivity index (χ4v) is 7.39. The zero-order valence-corrected chi connectivity index (χ0v) is 24.3. The number of aromatic nitrogens is 4. The van der Waals surface area contributed by atoms with E-state index in [9.17, 15) is 0 Å². The molecule has 0 saturated carbocycles. The Labute approximate surface area is 258 Å². The van der Waals surface area contributed by atoms with Crippen LogP contribution in [-0.4, -0.2) is 18.7 Å². The van der Waals surface area contributed by atoms with Crippen molar-refractivity contribution in [1.29, 1.82) is 0 Å². The topological polar surface area (TPSA) is 27.7 Å². The molecule has 0 aliphatic carbocycles. The molecule has 0 unspecified atom stereocenters. The van der Waals surface area contributed by atoms with Gasteiger partial charge in [0, 0.05) is 38.6 Å². The van der Waals surface area contributed by atoms with E-state index in [0.717, 1.165) is 28.1 Å². The van der Waals surface area contributed by atoms with Crippen molar-refractivity contribution < 1.29 is 0 Å². The Morgan fingerprint density at radius 2 is 0.978 bits per heavy atom. The van der Waals surface area contributed by atoms with Gasteiger partial charge in [0.15, 0.2) is 0 Å². The minimum Gasteiger partial charge on any atom is -0.309 e. The van der Waals surface area contributed by atoms with Crippen molar-refractivity contribution in [3.63, 3.8) is 0 Å². The van der Waals surface area contributed by atoms with Crippen molar-refractivity contribution in [2.75, 3.05) is 0 Å². The number of imidazole rings is 1. The minimum atomic E-state index is 0.975. The van der Waals surface area contributed by atoms with Gasteiger partial charge in [-0.2, -0.15) is 0 Å². The first-order chi connectivity index (χ1) is 22.3. The Bertz CT molecular complexity index is 2750. The summed E-state index contributed by atoms with van der Waals surface area (Å²) in [5.41, 5.74) is 10.2. The average Bonchev–Trinajstić information content (AvgIpc) is 3.78. The second kappa shape index (κ2) is 9.18. The molecule has 4 nitrogen and oxygen atoms in total. The van der Waals surface area contributed by atoms with Crippen LogP contribution in [0.2, 0.25) is 0 Å². The van der Waals surface area contributed by atoms with Gasteiger partial charge in [-0.15, -0.1) is 0 Å². The van der Waals surface area contributed by atoms with Crippen LogP contribution >= 0.6 is 0 Å². The second-order valence-corrected chi connectivity index (χ2v) is 11.7. The number of hydrogen-bond acceptors (Lipinski definition) is 1. The van der Waals surface area contributed by atoms with Gasteiger partial charge in [-0.25, -0.2) is 4.98 Å². The number of rotatable bonds is 3. The third-order valence-corrected chi connectivity index (χ3v) is 9.29. The van der Waals surface area contributed by atoms with E-state index in [1.54, 1.807) is 0 Å². The summed E-state index contributed by atoms with van der Waals surface area (Å²) in [6.45, 7) is 0. The summed E-state index contributed by atoms with van der Waals surface area (Å²) in [6.07, 6.45) is 1.92. The summed E-state index contributed by atoms with van der Waals surface area (Å²) in [4.78, 5) is 4.73. The van der Waals surface area contributed by atoms with Gasteiger partial charge in [0.2, 0.25) is 0 Å². The first-order valence-corrected chi connectivity index (χ1v) is 15.3. The van der Waals surface area contributed by atoms with Crippen LogP contribution in [0, 0.1) is 0 Å². The number of hydrogen-bond donors (Lipinski definition) is 0. The van der Waals surface area contributed by atoms with E-state index in [1.807, 2.05) is 12.4 Å². The second-order valence-electron chi connectivity index (χ2n) is 11.7. The smallest absolute Gasteiger partial charge is 0.100 e. The molecule has 4 heteroatoms. The molecule has 45 heavy (non-hydrogen) atoms. The van der Waals surface area contributed by atoms with Crippen LogP contribution in [0.25, 0.3) is 82.5 Å². The number of benzene rings is 7. The van der Waals surface area contributed by atoms with Gasteiger partial charge < -0.3 is 9.13 Å². The molecule has 0 bridgehead atoms. The molecular weight excluding hydrogens is 548 g/mol. The Balaban J connectivity index is 1.37. The molecule has 3 aromatic heterocycles. The maximum Gasteiger partial charge on any atom is 0.100 e. The minimum absolute atomic E-state index is 0.975. The lowest BCUT2D eigenvalue weighted by molar-refractivity contribution is 1.09. The fourth-order valence-electron chi connectivity index (χ4n) is 7.39. The molecule has 3 heterocycles. The molecule has 0 N–H and O–H groups in total. The van der Waals surface area contributed by atoms with Crippen molar-refractivity contribution in [1.82, 2.24) is 18.7 Å². The lowest BCUT2D eigenvalue weighted by Gasteiger charge is -2.10. The molecule has 210 valence electrons. The van der Waals surface area contributed by atoms with Crippen molar-refractivity contribution in [3.05, 3.63) is 158 Å². The van der Waals surface area contributed by atoms with Crippen LogP contribution in [0.1, 0.15) is 0 Å². The Morgan fingerprint density at radius 3 is 1.78 bits per heavy atom. The molecule has 10 aromatic rings. The summed E-state index contributed by atoms with van der Waals surface area (Å²) in [6, 6.07) is 54.5. The fraction of sp³-hybridized carbons (Fsp3) is 0. The van der Waals surface area contributed by atoms with E-state index in [0.29, 0.717) is 0 Å². The maximum atomic E-state index is 4.73. The van der Waals surface area contributed by atoms with Crippen LogP contribution in [-0.2, 0) is 0 Å². The molecule has 10 rings (SSSR count). The molecule has 0 radical (unpaired) electrons. The summed E-state index contributed by atoms with van der Waals surface area (Å²) < 4.78 is 7.01. The molecule has 0 aliphatic rings. The van der Waals surface area contributed by atoms with Crippen molar-refractivity contribution in [2.45, 2.75) is 0 Å². The Kier molecular flexibility index (Phi) is 4.96. The molecule has 0 amide bonds. The Hall–Kier alpha value is -6.13. The van der Waals surface area contributed by atoms with Crippen LogP contribution < -0.4 is 0 Å². The van der Waals surface area contributed by atoms with Gasteiger partial charge >= 0.3 is 0 Å². The zero-order chi connectivity index (χ0) is 29.5. The van der Waals surface area contributed by atoms with E-state index >= 15 is 0 Å². The van der Waals surface area contributed by atoms with E-state index < -0.39 is 0 Å². The predicted molar refractivity (Wildman–Crippen MR) is 187 cm³/mol. The summed E-state index contributed by atoms with van der Waals surface area (Å²) >= 11 is 0. The summed E-state index contributed by atoms with van der Waals surface area (Å²) in [7, 11) is 0. The maximum absolute atomic E-state index is 4.73. The van der Waals surface area contributed by atoms with Crippen LogP contribution in [0.3, 0.4) is 0 Å².